The number of esters is 2. The third-order valence-electron chi connectivity index (χ3n) is 7.14. The topological polar surface area (TPSA) is 157 Å². The Labute approximate surface area is 214 Å². The summed E-state index contributed by atoms with van der Waals surface area (Å²) in [4.78, 5) is 55.6. The lowest BCUT2D eigenvalue weighted by molar-refractivity contribution is -0.385. The normalized spacial score (nSPS) is 17.3. The number of pyridine rings is 2. The first-order chi connectivity index (χ1) is 18.2. The monoisotopic (exact) mass is 512 g/mol. The number of hydrogen-bond acceptors (Lipinski definition) is 9. The number of anilines is 1. The standard InChI is InChI=1S/C27H20N4O7/c1-2-27(38-25(33)15-6-3-4-9-21(15)31(35)36)18-11-22-23-14(10-16-19(28)7-5-8-20(16)29-23)12-30(22)24(32)17(18)13-37-26(27)34/h3-11H,2,12-13,28H2,1H3/t27-/m0/s1. The number of fused-ring (bicyclic) bond motifs is 5. The maximum atomic E-state index is 13.6. The van der Waals surface area contributed by atoms with Crippen LogP contribution < -0.4 is 11.3 Å². The van der Waals surface area contributed by atoms with Crippen molar-refractivity contribution in [3.8, 4) is 11.4 Å². The molecule has 38 heavy (non-hydrogen) atoms. The number of nitrogens with zero attached hydrogens (tertiary/aromatic N) is 3. The molecule has 0 saturated carbocycles. The average Bonchev–Trinajstić information content (AvgIpc) is 3.27. The summed E-state index contributed by atoms with van der Waals surface area (Å²) < 4.78 is 12.6. The van der Waals surface area contributed by atoms with E-state index in [1.807, 2.05) is 12.1 Å². The molecule has 11 nitrogen and oxygen atoms in total. The number of cyclic esters (lactones) is 1. The summed E-state index contributed by atoms with van der Waals surface area (Å²) in [5.41, 5.74) is 6.30. The largest absolute Gasteiger partial charge is 0.457 e. The van der Waals surface area contributed by atoms with Crippen LogP contribution in [0.25, 0.3) is 22.3 Å². The summed E-state index contributed by atoms with van der Waals surface area (Å²) in [6.45, 7) is 1.56. The van der Waals surface area contributed by atoms with E-state index in [9.17, 15) is 24.5 Å². The highest BCUT2D eigenvalue weighted by molar-refractivity contribution is 5.97. The van der Waals surface area contributed by atoms with Crippen molar-refractivity contribution >= 4 is 34.2 Å². The van der Waals surface area contributed by atoms with Crippen molar-refractivity contribution in [2.45, 2.75) is 32.1 Å². The number of nitro benzene ring substituents is 1. The zero-order valence-electron chi connectivity index (χ0n) is 20.1. The first-order valence-electron chi connectivity index (χ1n) is 11.8. The molecule has 2 aliphatic heterocycles. The van der Waals surface area contributed by atoms with Crippen molar-refractivity contribution in [3.63, 3.8) is 0 Å². The fourth-order valence-electron chi connectivity index (χ4n) is 5.20. The molecule has 4 heterocycles. The highest BCUT2D eigenvalue weighted by Gasteiger charge is 2.51. The Balaban J connectivity index is 1.53. The Morgan fingerprint density at radius 3 is 2.76 bits per heavy atom. The number of benzene rings is 2. The zero-order chi connectivity index (χ0) is 26.8. The summed E-state index contributed by atoms with van der Waals surface area (Å²) in [5.74, 6) is -1.94. The van der Waals surface area contributed by atoms with Crippen molar-refractivity contribution in [2.75, 3.05) is 5.73 Å². The number of nitrogen functional groups attached to an aromatic ring is 1. The smallest absolute Gasteiger partial charge is 0.355 e. The first-order valence-corrected chi connectivity index (χ1v) is 11.8. The Bertz CT molecular complexity index is 1780. The molecule has 6 rings (SSSR count). The number of para-hydroxylation sites is 1. The van der Waals surface area contributed by atoms with E-state index in [0.717, 1.165) is 10.9 Å². The SMILES string of the molecule is CC[C@@]1(OC(=O)c2ccccc2[N+](=O)[O-])C(=O)OCc2c1cc1n(c2=O)Cc2cc3c(N)cccc3nc2-1. The van der Waals surface area contributed by atoms with Crippen LogP contribution in [0.3, 0.4) is 0 Å². The van der Waals surface area contributed by atoms with Crippen molar-refractivity contribution in [1.29, 1.82) is 0 Å². The Morgan fingerprint density at radius 2 is 2.00 bits per heavy atom. The van der Waals surface area contributed by atoms with Crippen molar-refractivity contribution in [3.05, 3.63) is 97.3 Å². The van der Waals surface area contributed by atoms with Crippen LogP contribution >= 0.6 is 0 Å². The highest BCUT2D eigenvalue weighted by atomic mass is 16.6. The van der Waals surface area contributed by atoms with Gasteiger partial charge in [-0.3, -0.25) is 14.9 Å². The quantitative estimate of drug-likeness (QED) is 0.165. The van der Waals surface area contributed by atoms with Crippen LogP contribution in [0.2, 0.25) is 0 Å². The van der Waals surface area contributed by atoms with Gasteiger partial charge in [0.25, 0.3) is 11.2 Å². The number of rotatable bonds is 4. The molecular formula is C27H20N4O7. The van der Waals surface area contributed by atoms with Gasteiger partial charge in [0.05, 0.1) is 33.9 Å². The van der Waals surface area contributed by atoms with Gasteiger partial charge >= 0.3 is 11.9 Å². The van der Waals surface area contributed by atoms with Gasteiger partial charge in [-0.2, -0.15) is 0 Å². The number of carbonyl (C=O) groups is 2. The lowest BCUT2D eigenvalue weighted by Gasteiger charge is -2.35. The van der Waals surface area contributed by atoms with E-state index in [-0.39, 0.29) is 36.3 Å². The van der Waals surface area contributed by atoms with Gasteiger partial charge in [-0.25, -0.2) is 14.6 Å². The fraction of sp³-hybridized carbons (Fsp3) is 0.185. The minimum absolute atomic E-state index is 0.0668. The fourth-order valence-corrected chi connectivity index (χ4v) is 5.20. The lowest BCUT2D eigenvalue weighted by atomic mass is 9.85. The Morgan fingerprint density at radius 1 is 1.21 bits per heavy atom. The molecule has 0 saturated heterocycles. The summed E-state index contributed by atoms with van der Waals surface area (Å²) >= 11 is 0. The molecule has 0 unspecified atom stereocenters. The maximum absolute atomic E-state index is 13.6. The highest BCUT2D eigenvalue weighted by Crippen LogP contribution is 2.42. The van der Waals surface area contributed by atoms with Gasteiger partial charge < -0.3 is 19.8 Å². The van der Waals surface area contributed by atoms with Crippen LogP contribution in [0, 0.1) is 10.1 Å². The van der Waals surface area contributed by atoms with Crippen molar-refractivity contribution < 1.29 is 24.0 Å². The second-order valence-corrected chi connectivity index (χ2v) is 9.14. The molecule has 0 aliphatic carbocycles. The predicted octanol–water partition coefficient (Wildman–Crippen LogP) is 3.43. The Kier molecular flexibility index (Phi) is 5.06. The van der Waals surface area contributed by atoms with Crippen LogP contribution in [0.5, 0.6) is 0 Å². The van der Waals surface area contributed by atoms with E-state index in [0.29, 0.717) is 22.6 Å². The Hall–Kier alpha value is -5.06. The second kappa shape index (κ2) is 8.23. The molecular weight excluding hydrogens is 492 g/mol. The molecule has 0 spiro atoms. The minimum atomic E-state index is -1.98. The third kappa shape index (κ3) is 3.21. The molecule has 1 atom stereocenters. The lowest BCUT2D eigenvalue weighted by Crippen LogP contribution is -2.47. The number of aromatic nitrogens is 2. The molecule has 2 aromatic carbocycles. The average molecular weight is 512 g/mol. The van der Waals surface area contributed by atoms with Crippen molar-refractivity contribution in [1.82, 2.24) is 9.55 Å². The van der Waals surface area contributed by atoms with Gasteiger partial charge in [0.2, 0.25) is 5.60 Å². The van der Waals surface area contributed by atoms with E-state index in [1.54, 1.807) is 25.1 Å². The van der Waals surface area contributed by atoms with Crippen molar-refractivity contribution in [2.24, 2.45) is 0 Å². The molecule has 0 amide bonds. The van der Waals surface area contributed by atoms with Crippen LogP contribution in [0.4, 0.5) is 11.4 Å². The molecule has 2 N–H and O–H groups in total. The molecule has 190 valence electrons. The van der Waals surface area contributed by atoms with E-state index in [4.69, 9.17) is 20.2 Å². The molecule has 0 radical (unpaired) electrons. The zero-order valence-corrected chi connectivity index (χ0v) is 20.1. The van der Waals surface area contributed by atoms with Crippen LogP contribution in [0.15, 0.2) is 59.4 Å². The van der Waals surface area contributed by atoms with E-state index in [2.05, 4.69) is 0 Å². The van der Waals surface area contributed by atoms with E-state index in [1.165, 1.54) is 28.8 Å². The van der Waals surface area contributed by atoms with Crippen LogP contribution in [0.1, 0.15) is 40.4 Å². The van der Waals surface area contributed by atoms with Gasteiger partial charge in [0, 0.05) is 28.3 Å². The van der Waals surface area contributed by atoms with Gasteiger partial charge in [-0.15, -0.1) is 0 Å². The van der Waals surface area contributed by atoms with Gasteiger partial charge in [0.1, 0.15) is 12.2 Å². The molecule has 4 aromatic rings. The molecule has 2 aliphatic rings. The minimum Gasteiger partial charge on any atom is -0.457 e. The summed E-state index contributed by atoms with van der Waals surface area (Å²) in [7, 11) is 0. The number of nitrogens with two attached hydrogens (primary N) is 1. The number of hydrogen-bond donors (Lipinski definition) is 1. The summed E-state index contributed by atoms with van der Waals surface area (Å²) in [6, 6.07) is 14.2. The number of carbonyl (C=O) groups excluding carboxylic acids is 2. The van der Waals surface area contributed by atoms with Gasteiger partial charge in [0.15, 0.2) is 0 Å². The number of ether oxygens (including phenoxy) is 2. The van der Waals surface area contributed by atoms with Crippen LogP contribution in [-0.2, 0) is 33.0 Å². The molecule has 2 aromatic heterocycles. The predicted molar refractivity (Wildman–Crippen MR) is 135 cm³/mol. The first kappa shape index (κ1) is 23.3. The molecule has 0 fully saturated rings. The van der Waals surface area contributed by atoms with Crippen LogP contribution in [-0.4, -0.2) is 26.4 Å². The van der Waals surface area contributed by atoms with E-state index >= 15 is 0 Å². The molecule has 11 heteroatoms. The molecule has 0 bridgehead atoms. The number of nitro groups is 1. The van der Waals surface area contributed by atoms with Gasteiger partial charge in [-0.1, -0.05) is 25.1 Å². The maximum Gasteiger partial charge on any atom is 0.355 e. The second-order valence-electron chi connectivity index (χ2n) is 9.14. The third-order valence-corrected chi connectivity index (χ3v) is 7.14. The summed E-state index contributed by atoms with van der Waals surface area (Å²) in [5, 5.41) is 12.2. The van der Waals surface area contributed by atoms with E-state index < -0.39 is 33.7 Å². The summed E-state index contributed by atoms with van der Waals surface area (Å²) in [6.07, 6.45) is -0.0668. The van der Waals surface area contributed by atoms with Gasteiger partial charge in [-0.05, 0) is 36.8 Å².